The van der Waals surface area contributed by atoms with Crippen molar-refractivity contribution in [2.45, 2.75) is 12.5 Å². The average molecular weight is 114 g/mol. The van der Waals surface area contributed by atoms with Crippen LogP contribution in [0.2, 0.25) is 0 Å². The molecule has 0 aromatic rings. The van der Waals surface area contributed by atoms with E-state index in [4.69, 9.17) is 5.11 Å². The SMILES string of the molecule is O=C1OC=CCC1O. The van der Waals surface area contributed by atoms with Crippen LogP contribution in [0.15, 0.2) is 12.3 Å². The first-order valence-electron chi connectivity index (χ1n) is 2.34. The van der Waals surface area contributed by atoms with Gasteiger partial charge in [0.2, 0.25) is 0 Å². The van der Waals surface area contributed by atoms with E-state index in [1.165, 1.54) is 6.26 Å². The minimum absolute atomic E-state index is 0.374. The molecule has 0 aromatic carbocycles. The molecule has 3 nitrogen and oxygen atoms in total. The molecule has 0 aliphatic carbocycles. The molecule has 0 fully saturated rings. The first-order valence-corrected chi connectivity index (χ1v) is 2.34. The minimum atomic E-state index is -0.944. The Bertz CT molecular complexity index is 128. The fraction of sp³-hybridized carbons (Fsp3) is 0.400. The lowest BCUT2D eigenvalue weighted by Gasteiger charge is -2.08. The van der Waals surface area contributed by atoms with Gasteiger partial charge in [0.05, 0.1) is 6.26 Å². The summed E-state index contributed by atoms with van der Waals surface area (Å²) in [4.78, 5) is 10.3. The van der Waals surface area contributed by atoms with E-state index in [1.807, 2.05) is 0 Å². The highest BCUT2D eigenvalue weighted by molar-refractivity contribution is 5.75. The zero-order chi connectivity index (χ0) is 5.98. The van der Waals surface area contributed by atoms with Gasteiger partial charge in [-0.05, 0) is 6.08 Å². The van der Waals surface area contributed by atoms with E-state index in [9.17, 15) is 4.79 Å². The van der Waals surface area contributed by atoms with Gasteiger partial charge in [0.15, 0.2) is 6.10 Å². The van der Waals surface area contributed by atoms with Gasteiger partial charge in [-0.3, -0.25) is 0 Å². The molecule has 0 spiro atoms. The monoisotopic (exact) mass is 114 g/mol. The molecule has 1 heterocycles. The second kappa shape index (κ2) is 1.96. The molecule has 0 saturated carbocycles. The van der Waals surface area contributed by atoms with E-state index in [1.54, 1.807) is 6.08 Å². The average Bonchev–Trinajstić information content (AvgIpc) is 1.77. The van der Waals surface area contributed by atoms with Crippen LogP contribution >= 0.6 is 0 Å². The summed E-state index contributed by atoms with van der Waals surface area (Å²) < 4.78 is 4.32. The van der Waals surface area contributed by atoms with E-state index in [2.05, 4.69) is 4.74 Å². The molecule has 0 bridgehead atoms. The summed E-state index contributed by atoms with van der Waals surface area (Å²) in [6.07, 6.45) is 2.32. The number of esters is 1. The van der Waals surface area contributed by atoms with Crippen molar-refractivity contribution in [3.63, 3.8) is 0 Å². The summed E-state index contributed by atoms with van der Waals surface area (Å²) in [6.45, 7) is 0. The van der Waals surface area contributed by atoms with E-state index in [0.717, 1.165) is 0 Å². The summed E-state index contributed by atoms with van der Waals surface area (Å²) in [7, 11) is 0. The molecular formula is C5H6O3. The van der Waals surface area contributed by atoms with Gasteiger partial charge in [-0.1, -0.05) is 0 Å². The van der Waals surface area contributed by atoms with Crippen molar-refractivity contribution in [1.82, 2.24) is 0 Å². The molecule has 1 aliphatic heterocycles. The Morgan fingerprint density at radius 1 is 1.88 bits per heavy atom. The van der Waals surface area contributed by atoms with Gasteiger partial charge in [-0.2, -0.15) is 0 Å². The maximum atomic E-state index is 10.3. The Morgan fingerprint density at radius 2 is 2.62 bits per heavy atom. The minimum Gasteiger partial charge on any atom is -0.433 e. The Balaban J connectivity index is 2.57. The molecule has 1 unspecified atom stereocenters. The number of carbonyl (C=O) groups excluding carboxylic acids is 1. The predicted molar refractivity (Wildman–Crippen MR) is 25.9 cm³/mol. The molecule has 3 heteroatoms. The molecular weight excluding hydrogens is 108 g/mol. The van der Waals surface area contributed by atoms with Crippen LogP contribution in [0.5, 0.6) is 0 Å². The second-order valence-electron chi connectivity index (χ2n) is 1.56. The lowest BCUT2D eigenvalue weighted by Crippen LogP contribution is -2.22. The molecule has 1 N–H and O–H groups in total. The lowest BCUT2D eigenvalue weighted by atomic mass is 10.2. The third-order valence-corrected chi connectivity index (χ3v) is 0.912. The summed E-state index contributed by atoms with van der Waals surface area (Å²) in [5.74, 6) is -0.562. The third-order valence-electron chi connectivity index (χ3n) is 0.912. The molecule has 1 rings (SSSR count). The second-order valence-corrected chi connectivity index (χ2v) is 1.56. The van der Waals surface area contributed by atoms with Crippen molar-refractivity contribution in [1.29, 1.82) is 0 Å². The molecule has 8 heavy (non-hydrogen) atoms. The third kappa shape index (κ3) is 0.869. The summed E-state index contributed by atoms with van der Waals surface area (Å²) >= 11 is 0. The van der Waals surface area contributed by atoms with Gasteiger partial charge in [0.25, 0.3) is 0 Å². The first kappa shape index (κ1) is 5.31. The van der Waals surface area contributed by atoms with Crippen LogP contribution < -0.4 is 0 Å². The van der Waals surface area contributed by atoms with Crippen LogP contribution in [0.4, 0.5) is 0 Å². The van der Waals surface area contributed by atoms with Gasteiger partial charge in [0, 0.05) is 6.42 Å². The topological polar surface area (TPSA) is 46.5 Å². The molecule has 0 radical (unpaired) electrons. The smallest absolute Gasteiger partial charge is 0.340 e. The van der Waals surface area contributed by atoms with Gasteiger partial charge >= 0.3 is 5.97 Å². The predicted octanol–water partition coefficient (Wildman–Crippen LogP) is -0.192. The Labute approximate surface area is 46.6 Å². The number of cyclic esters (lactones) is 1. The van der Waals surface area contributed by atoms with Crippen molar-refractivity contribution in [2.75, 3.05) is 0 Å². The molecule has 44 valence electrons. The maximum Gasteiger partial charge on any atom is 0.340 e. The van der Waals surface area contributed by atoms with E-state index in [-0.39, 0.29) is 0 Å². The normalized spacial score (nSPS) is 27.6. The zero-order valence-corrected chi connectivity index (χ0v) is 4.20. The van der Waals surface area contributed by atoms with Crippen LogP contribution in [0.25, 0.3) is 0 Å². The highest BCUT2D eigenvalue weighted by atomic mass is 16.5. The van der Waals surface area contributed by atoms with Crippen LogP contribution in [0.3, 0.4) is 0 Å². The Hall–Kier alpha value is -0.830. The lowest BCUT2D eigenvalue weighted by molar-refractivity contribution is -0.148. The van der Waals surface area contributed by atoms with Crippen molar-refractivity contribution >= 4 is 5.97 Å². The quantitative estimate of drug-likeness (QED) is 0.444. The maximum absolute atomic E-state index is 10.3. The first-order chi connectivity index (χ1) is 3.80. The zero-order valence-electron chi connectivity index (χ0n) is 4.20. The Morgan fingerprint density at radius 3 is 3.00 bits per heavy atom. The van der Waals surface area contributed by atoms with Crippen LogP contribution in [0, 0.1) is 0 Å². The van der Waals surface area contributed by atoms with Gasteiger partial charge in [-0.25, -0.2) is 4.79 Å². The van der Waals surface area contributed by atoms with E-state index < -0.39 is 12.1 Å². The number of rotatable bonds is 0. The van der Waals surface area contributed by atoms with Gasteiger partial charge in [-0.15, -0.1) is 0 Å². The fourth-order valence-electron chi connectivity index (χ4n) is 0.474. The summed E-state index contributed by atoms with van der Waals surface area (Å²) in [5.41, 5.74) is 0. The Kier molecular flexibility index (Phi) is 1.30. The summed E-state index contributed by atoms with van der Waals surface area (Å²) in [5, 5.41) is 8.65. The largest absolute Gasteiger partial charge is 0.433 e. The van der Waals surface area contributed by atoms with Crippen molar-refractivity contribution in [2.24, 2.45) is 0 Å². The van der Waals surface area contributed by atoms with Gasteiger partial charge < -0.3 is 9.84 Å². The standard InChI is InChI=1S/C5H6O3/c6-4-2-1-3-8-5(4)7/h1,3-4,6H,2H2. The van der Waals surface area contributed by atoms with Crippen molar-refractivity contribution in [3.05, 3.63) is 12.3 Å². The molecule has 1 atom stereocenters. The molecule has 0 aromatic heterocycles. The molecule has 1 aliphatic rings. The number of carbonyl (C=O) groups is 1. The van der Waals surface area contributed by atoms with Gasteiger partial charge in [0.1, 0.15) is 0 Å². The highest BCUT2D eigenvalue weighted by Gasteiger charge is 2.16. The van der Waals surface area contributed by atoms with E-state index in [0.29, 0.717) is 6.42 Å². The fourth-order valence-corrected chi connectivity index (χ4v) is 0.474. The van der Waals surface area contributed by atoms with Crippen LogP contribution in [-0.4, -0.2) is 17.2 Å². The number of hydrogen-bond donors (Lipinski definition) is 1. The van der Waals surface area contributed by atoms with Crippen molar-refractivity contribution in [3.8, 4) is 0 Å². The number of aliphatic hydroxyl groups excluding tert-OH is 1. The number of aliphatic hydroxyl groups is 1. The van der Waals surface area contributed by atoms with E-state index >= 15 is 0 Å². The molecule has 0 saturated heterocycles. The number of ether oxygens (including phenoxy) is 1. The summed E-state index contributed by atoms with van der Waals surface area (Å²) in [6, 6.07) is 0. The highest BCUT2D eigenvalue weighted by Crippen LogP contribution is 2.02. The van der Waals surface area contributed by atoms with Crippen molar-refractivity contribution < 1.29 is 14.6 Å². The molecule has 0 amide bonds. The van der Waals surface area contributed by atoms with Crippen LogP contribution in [-0.2, 0) is 9.53 Å². The number of hydrogen-bond acceptors (Lipinski definition) is 3. The van der Waals surface area contributed by atoms with Crippen LogP contribution in [0.1, 0.15) is 6.42 Å².